The predicted octanol–water partition coefficient (Wildman–Crippen LogP) is 1.73. The monoisotopic (exact) mass is 460 g/mol. The number of halogens is 1. The van der Waals surface area contributed by atoms with Crippen LogP contribution in [0.2, 0.25) is 0 Å². The van der Waals surface area contributed by atoms with Crippen LogP contribution in [0, 0.1) is 23.6 Å². The van der Waals surface area contributed by atoms with Crippen LogP contribution in [-0.4, -0.2) is 47.2 Å². The highest BCUT2D eigenvalue weighted by atomic mass is 19.1. The van der Waals surface area contributed by atoms with Crippen LogP contribution in [-0.2, 0) is 11.3 Å². The number of piperidine rings is 1. The van der Waals surface area contributed by atoms with E-state index >= 15 is 4.39 Å². The zero-order valence-corrected chi connectivity index (χ0v) is 19.3. The highest BCUT2D eigenvalue weighted by Gasteiger charge is 2.57. The van der Waals surface area contributed by atoms with Gasteiger partial charge in [-0.3, -0.25) is 9.36 Å². The van der Waals surface area contributed by atoms with Crippen LogP contribution in [0.15, 0.2) is 21.7 Å². The van der Waals surface area contributed by atoms with Gasteiger partial charge in [-0.25, -0.2) is 14.0 Å². The quantitative estimate of drug-likeness (QED) is 0.730. The van der Waals surface area contributed by atoms with Gasteiger partial charge in [0.25, 0.3) is 5.56 Å². The van der Waals surface area contributed by atoms with Gasteiger partial charge in [-0.05, 0) is 51.7 Å². The summed E-state index contributed by atoms with van der Waals surface area (Å²) >= 11 is 0. The minimum Gasteiger partial charge on any atom is -0.444 e. The van der Waals surface area contributed by atoms with E-state index in [1.807, 2.05) is 25.7 Å². The number of fused-ring (bicyclic) bond motifs is 2. The number of amides is 1. The van der Waals surface area contributed by atoms with Crippen LogP contribution in [0.4, 0.5) is 14.9 Å². The molecule has 1 aromatic carbocycles. The molecule has 3 aliphatic rings. The molecule has 1 saturated heterocycles. The summed E-state index contributed by atoms with van der Waals surface area (Å²) in [6.45, 7) is 7.07. The van der Waals surface area contributed by atoms with Crippen LogP contribution in [0.1, 0.15) is 33.6 Å². The van der Waals surface area contributed by atoms with Gasteiger partial charge in [0.2, 0.25) is 0 Å². The lowest BCUT2D eigenvalue weighted by Crippen LogP contribution is -2.43. The SMILES string of the molecule is COn1c(=O)c2cc(F)c(N3C[C@@H]4C(NC(=O)OC(C)(C)C)[C@@H]4C3)cc2n(CC2CC2)c1=O. The maximum absolute atomic E-state index is 15.1. The first kappa shape index (κ1) is 21.8. The second kappa shape index (κ2) is 7.50. The molecule has 33 heavy (non-hydrogen) atoms. The predicted molar refractivity (Wildman–Crippen MR) is 120 cm³/mol. The summed E-state index contributed by atoms with van der Waals surface area (Å²) in [6, 6.07) is 2.82. The average molecular weight is 461 g/mol. The van der Waals surface area contributed by atoms with Crippen molar-refractivity contribution in [3.63, 3.8) is 0 Å². The Morgan fingerprint density at radius 2 is 1.85 bits per heavy atom. The van der Waals surface area contributed by atoms with Gasteiger partial charge in [-0.15, -0.1) is 0 Å². The van der Waals surface area contributed by atoms with Crippen LogP contribution in [0.3, 0.4) is 0 Å². The maximum Gasteiger partial charge on any atom is 0.407 e. The number of aromatic nitrogens is 2. The van der Waals surface area contributed by atoms with E-state index in [0.717, 1.165) is 12.8 Å². The molecule has 2 aliphatic carbocycles. The van der Waals surface area contributed by atoms with Crippen molar-refractivity contribution in [2.75, 3.05) is 25.1 Å². The Morgan fingerprint density at radius 1 is 1.18 bits per heavy atom. The minimum atomic E-state index is -0.666. The Kier molecular flexibility index (Phi) is 4.95. The van der Waals surface area contributed by atoms with Crippen LogP contribution < -0.4 is 26.3 Å². The molecule has 2 aromatic rings. The summed E-state index contributed by atoms with van der Waals surface area (Å²) in [7, 11) is 1.25. The summed E-state index contributed by atoms with van der Waals surface area (Å²) in [5, 5.41) is 3.03. The van der Waals surface area contributed by atoms with Crippen molar-refractivity contribution < 1.29 is 18.8 Å². The highest BCUT2D eigenvalue weighted by Crippen LogP contribution is 2.47. The number of alkyl carbamates (subject to hydrolysis) is 1. The Morgan fingerprint density at radius 3 is 2.42 bits per heavy atom. The zero-order chi connectivity index (χ0) is 23.7. The number of nitrogens with one attached hydrogen (secondary N) is 1. The number of benzene rings is 1. The van der Waals surface area contributed by atoms with E-state index in [4.69, 9.17) is 9.57 Å². The molecule has 0 radical (unpaired) electrons. The number of hydrogen-bond acceptors (Lipinski definition) is 6. The van der Waals surface area contributed by atoms with Crippen molar-refractivity contribution in [1.29, 1.82) is 0 Å². The number of carbonyl (C=O) groups excluding carboxylic acids is 1. The third-order valence-corrected chi connectivity index (χ3v) is 6.71. The zero-order valence-electron chi connectivity index (χ0n) is 19.3. The normalized spacial score (nSPS) is 24.0. The first-order valence-corrected chi connectivity index (χ1v) is 11.4. The molecule has 1 unspecified atom stereocenters. The molecule has 178 valence electrons. The summed E-state index contributed by atoms with van der Waals surface area (Å²) in [5.41, 5.74) is -0.993. The lowest BCUT2D eigenvalue weighted by atomic mass is 10.1. The molecule has 1 N–H and O–H groups in total. The van der Waals surface area contributed by atoms with Crippen LogP contribution >= 0.6 is 0 Å². The van der Waals surface area contributed by atoms with Gasteiger partial charge in [0.15, 0.2) is 0 Å². The number of rotatable bonds is 5. The van der Waals surface area contributed by atoms with E-state index in [0.29, 0.717) is 41.5 Å². The molecule has 9 nitrogen and oxygen atoms in total. The second-order valence-electron chi connectivity index (χ2n) is 10.3. The van der Waals surface area contributed by atoms with E-state index in [-0.39, 0.29) is 23.3 Å². The fourth-order valence-corrected chi connectivity index (χ4v) is 4.87. The fraction of sp³-hybridized carbons (Fsp3) is 0.609. The van der Waals surface area contributed by atoms with Crippen molar-refractivity contribution in [2.45, 2.75) is 51.8 Å². The first-order valence-electron chi connectivity index (χ1n) is 11.4. The maximum atomic E-state index is 15.1. The molecule has 3 atom stereocenters. The molecule has 3 fully saturated rings. The lowest BCUT2D eigenvalue weighted by Gasteiger charge is -2.25. The van der Waals surface area contributed by atoms with E-state index in [2.05, 4.69) is 5.32 Å². The van der Waals surface area contributed by atoms with Gasteiger partial charge < -0.3 is 19.8 Å². The van der Waals surface area contributed by atoms with Gasteiger partial charge in [0.05, 0.1) is 16.6 Å². The number of ether oxygens (including phenoxy) is 1. The summed E-state index contributed by atoms with van der Waals surface area (Å²) < 4.78 is 22.6. The van der Waals surface area contributed by atoms with Gasteiger partial charge in [0.1, 0.15) is 18.5 Å². The number of carbonyl (C=O) groups is 1. The Hall–Kier alpha value is -3.04. The van der Waals surface area contributed by atoms with Crippen molar-refractivity contribution in [3.05, 3.63) is 38.8 Å². The molecule has 10 heteroatoms. The van der Waals surface area contributed by atoms with E-state index in [1.54, 1.807) is 6.07 Å². The summed E-state index contributed by atoms with van der Waals surface area (Å²) in [4.78, 5) is 44.5. The molecule has 1 aliphatic heterocycles. The Bertz CT molecular complexity index is 1230. The van der Waals surface area contributed by atoms with Gasteiger partial charge in [-0.2, -0.15) is 0 Å². The molecule has 0 bridgehead atoms. The van der Waals surface area contributed by atoms with Crippen molar-refractivity contribution in [3.8, 4) is 0 Å². The number of hydrogen-bond donors (Lipinski definition) is 1. The Labute approximate surface area is 190 Å². The fourth-order valence-electron chi connectivity index (χ4n) is 4.87. The van der Waals surface area contributed by atoms with E-state index in [1.165, 1.54) is 17.7 Å². The topological polar surface area (TPSA) is 94.8 Å². The van der Waals surface area contributed by atoms with Crippen molar-refractivity contribution >= 4 is 22.7 Å². The average Bonchev–Trinajstić information content (AvgIpc) is 3.61. The third kappa shape index (κ3) is 3.95. The molecule has 2 saturated carbocycles. The smallest absolute Gasteiger partial charge is 0.407 e. The van der Waals surface area contributed by atoms with Gasteiger partial charge >= 0.3 is 11.8 Å². The molecular weight excluding hydrogens is 431 g/mol. The van der Waals surface area contributed by atoms with Crippen LogP contribution in [0.25, 0.3) is 10.9 Å². The van der Waals surface area contributed by atoms with Gasteiger partial charge in [-0.1, -0.05) is 4.73 Å². The number of nitrogens with zero attached hydrogens (tertiary/aromatic N) is 3. The highest BCUT2D eigenvalue weighted by molar-refractivity contribution is 5.82. The molecule has 5 rings (SSSR count). The standard InChI is InChI=1S/C23H29FN4O5/c1-23(2,3)33-21(30)25-19-14-10-26(11-15(14)19)18-8-17-13(7-16(18)24)20(29)28(32-4)22(31)27(17)9-12-5-6-12/h7-8,12,14-15,19H,5-6,9-11H2,1-4H3,(H,25,30)/t14-,15+,19?. The van der Waals surface area contributed by atoms with Gasteiger partial charge in [0, 0.05) is 37.5 Å². The number of anilines is 1. The Balaban J connectivity index is 1.40. The minimum absolute atomic E-state index is 0.0153. The summed E-state index contributed by atoms with van der Waals surface area (Å²) in [5.74, 6) is 0.281. The molecule has 2 heterocycles. The van der Waals surface area contributed by atoms with E-state index in [9.17, 15) is 14.4 Å². The molecule has 0 spiro atoms. The lowest BCUT2D eigenvalue weighted by molar-refractivity contribution is 0.0518. The second-order valence-corrected chi connectivity index (χ2v) is 10.3. The van der Waals surface area contributed by atoms with Crippen LogP contribution in [0.5, 0.6) is 0 Å². The molecular formula is C23H29FN4O5. The molecule has 1 amide bonds. The molecule has 1 aromatic heterocycles. The van der Waals surface area contributed by atoms with Crippen molar-refractivity contribution in [1.82, 2.24) is 14.6 Å². The van der Waals surface area contributed by atoms with E-state index < -0.39 is 28.8 Å². The first-order chi connectivity index (χ1) is 15.6. The third-order valence-electron chi connectivity index (χ3n) is 6.71. The summed E-state index contributed by atoms with van der Waals surface area (Å²) in [6.07, 6.45) is 1.61. The largest absolute Gasteiger partial charge is 0.444 e. The van der Waals surface area contributed by atoms with Crippen molar-refractivity contribution in [2.24, 2.45) is 17.8 Å².